The van der Waals surface area contributed by atoms with Crippen LogP contribution in [0.5, 0.6) is 5.75 Å². The van der Waals surface area contributed by atoms with Crippen molar-refractivity contribution in [2.24, 2.45) is 0 Å². The van der Waals surface area contributed by atoms with E-state index in [1.807, 2.05) is 0 Å². The highest BCUT2D eigenvalue weighted by Crippen LogP contribution is 2.33. The van der Waals surface area contributed by atoms with Gasteiger partial charge in [0.15, 0.2) is 11.6 Å². The highest BCUT2D eigenvalue weighted by Gasteiger charge is 2.31. The molecule has 0 atom stereocenters. The number of hydrogen-bond donors (Lipinski definition) is 1. The number of halogens is 4. The highest BCUT2D eigenvalue weighted by atomic mass is 32.1. The number of aryl methyl sites for hydroxylation is 1. The summed E-state index contributed by atoms with van der Waals surface area (Å²) in [7, 11) is 1.35. The number of benzene rings is 2. The third-order valence-corrected chi connectivity index (χ3v) is 5.40. The number of pyridine rings is 1. The second-order valence-corrected chi connectivity index (χ2v) is 7.37. The van der Waals surface area contributed by atoms with Gasteiger partial charge < -0.3 is 14.6 Å². The molecular weight excluding hydrogens is 432 g/mol. The minimum Gasteiger partial charge on any atom is -0.493 e. The maximum atomic E-state index is 14.0. The topological polar surface area (TPSA) is 45.3 Å². The molecule has 0 unspecified atom stereocenters. The van der Waals surface area contributed by atoms with Gasteiger partial charge in [-0.15, -0.1) is 0 Å². The normalized spacial score (nSPS) is 11.6. The molecule has 1 aromatic heterocycles. The zero-order valence-electron chi connectivity index (χ0n) is 17.1. The van der Waals surface area contributed by atoms with Crippen molar-refractivity contribution >= 4 is 29.0 Å². The number of ether oxygens (including phenoxy) is 1. The molecule has 0 aliphatic heterocycles. The first-order valence-electron chi connectivity index (χ1n) is 9.43. The molecule has 1 N–H and O–H groups in total. The van der Waals surface area contributed by atoms with E-state index in [2.05, 4.69) is 4.98 Å². The van der Waals surface area contributed by atoms with Crippen LogP contribution >= 0.6 is 12.2 Å². The number of carbonyl (C=O) groups is 1. The van der Waals surface area contributed by atoms with Crippen molar-refractivity contribution in [2.45, 2.75) is 26.6 Å². The largest absolute Gasteiger partial charge is 0.493 e. The predicted octanol–water partition coefficient (Wildman–Crippen LogP) is 6.03. The van der Waals surface area contributed by atoms with E-state index < -0.39 is 23.5 Å². The molecule has 3 rings (SSSR count). The maximum Gasteiger partial charge on any atom is 0.416 e. The first-order chi connectivity index (χ1) is 14.6. The molecule has 9 heteroatoms. The zero-order valence-corrected chi connectivity index (χ0v) is 17.9. The zero-order chi connectivity index (χ0) is 22.9. The van der Waals surface area contributed by atoms with Gasteiger partial charge in [-0.25, -0.2) is 4.39 Å². The van der Waals surface area contributed by atoms with E-state index >= 15 is 0 Å². The number of alkyl halides is 3. The number of methoxy groups -OCH3 is 1. The van der Waals surface area contributed by atoms with Crippen molar-refractivity contribution in [3.05, 3.63) is 69.1 Å². The molecular formula is C22H20F4N2O2S. The number of nitrogens with one attached hydrogen (secondary N) is 1. The van der Waals surface area contributed by atoms with Gasteiger partial charge in [0.2, 0.25) is 0 Å². The van der Waals surface area contributed by atoms with E-state index in [9.17, 15) is 22.4 Å². The van der Waals surface area contributed by atoms with E-state index in [0.29, 0.717) is 23.1 Å². The average molecular weight is 452 g/mol. The summed E-state index contributed by atoms with van der Waals surface area (Å²) in [5, 5.41) is 0.462. The molecule has 1 amide bonds. The maximum absolute atomic E-state index is 14.0. The van der Waals surface area contributed by atoms with Crippen molar-refractivity contribution in [1.29, 1.82) is 0 Å². The third kappa shape index (κ3) is 4.41. The molecule has 0 fully saturated rings. The van der Waals surface area contributed by atoms with E-state index in [4.69, 9.17) is 17.0 Å². The van der Waals surface area contributed by atoms with Gasteiger partial charge in [-0.2, -0.15) is 13.2 Å². The lowest BCUT2D eigenvalue weighted by Crippen LogP contribution is -2.31. The summed E-state index contributed by atoms with van der Waals surface area (Å²) < 4.78 is 58.3. The molecule has 0 aliphatic carbocycles. The smallest absolute Gasteiger partial charge is 0.416 e. The minimum atomic E-state index is -4.49. The molecule has 0 radical (unpaired) electrons. The lowest BCUT2D eigenvalue weighted by molar-refractivity contribution is -0.137. The van der Waals surface area contributed by atoms with Crippen LogP contribution in [0.4, 0.5) is 17.6 Å². The summed E-state index contributed by atoms with van der Waals surface area (Å²) in [5.74, 6) is -0.897. The Balaban J connectivity index is 2.04. The molecule has 3 aromatic rings. The summed E-state index contributed by atoms with van der Waals surface area (Å²) in [4.78, 5) is 17.5. The number of aromatic amines is 1. The minimum absolute atomic E-state index is 0.0407. The number of nitrogens with zero attached hydrogens (tertiary/aromatic N) is 1. The lowest BCUT2D eigenvalue weighted by atomic mass is 10.0. The first-order valence-corrected chi connectivity index (χ1v) is 9.83. The SMILES string of the molecule is CCN(Cc1cccc(F)c1OC)C(=O)c1c(C)c2ccc(C(F)(F)F)cc2[nH]c1=S. The van der Waals surface area contributed by atoms with Crippen molar-refractivity contribution in [2.75, 3.05) is 13.7 Å². The Bertz CT molecular complexity index is 1200. The fraction of sp³-hybridized carbons (Fsp3) is 0.273. The van der Waals surface area contributed by atoms with Crippen LogP contribution in [-0.2, 0) is 12.7 Å². The van der Waals surface area contributed by atoms with Gasteiger partial charge in [-0.1, -0.05) is 30.4 Å². The van der Waals surface area contributed by atoms with Crippen molar-refractivity contribution in [3.63, 3.8) is 0 Å². The van der Waals surface area contributed by atoms with Gasteiger partial charge in [0.05, 0.1) is 18.2 Å². The number of rotatable bonds is 5. The van der Waals surface area contributed by atoms with Crippen molar-refractivity contribution < 1.29 is 27.1 Å². The Kier molecular flexibility index (Phi) is 6.35. The summed E-state index contributed by atoms with van der Waals surface area (Å²) in [6, 6.07) is 7.71. The van der Waals surface area contributed by atoms with Gasteiger partial charge in [0.1, 0.15) is 4.64 Å². The van der Waals surface area contributed by atoms with Crippen LogP contribution in [0.1, 0.15) is 34.0 Å². The van der Waals surface area contributed by atoms with Crippen molar-refractivity contribution in [3.8, 4) is 5.75 Å². The second kappa shape index (κ2) is 8.66. The molecule has 0 spiro atoms. The molecule has 31 heavy (non-hydrogen) atoms. The lowest BCUT2D eigenvalue weighted by Gasteiger charge is -2.23. The molecule has 0 saturated carbocycles. The van der Waals surface area contributed by atoms with Crippen LogP contribution in [0.3, 0.4) is 0 Å². The molecule has 0 aliphatic rings. The van der Waals surface area contributed by atoms with E-state index in [1.54, 1.807) is 19.9 Å². The van der Waals surface area contributed by atoms with Gasteiger partial charge in [-0.05, 0) is 37.6 Å². The molecule has 4 nitrogen and oxygen atoms in total. The van der Waals surface area contributed by atoms with Gasteiger partial charge in [0, 0.05) is 29.6 Å². The summed E-state index contributed by atoms with van der Waals surface area (Å²) in [6.45, 7) is 3.79. The number of hydrogen-bond acceptors (Lipinski definition) is 3. The summed E-state index contributed by atoms with van der Waals surface area (Å²) in [6.07, 6.45) is -4.49. The van der Waals surface area contributed by atoms with Crippen LogP contribution in [0.15, 0.2) is 36.4 Å². The summed E-state index contributed by atoms with van der Waals surface area (Å²) >= 11 is 5.31. The monoisotopic (exact) mass is 452 g/mol. The molecule has 0 bridgehead atoms. The highest BCUT2D eigenvalue weighted by molar-refractivity contribution is 7.71. The Hall–Kier alpha value is -2.94. The van der Waals surface area contributed by atoms with E-state index in [-0.39, 0.29) is 28.0 Å². The molecule has 2 aromatic carbocycles. The van der Waals surface area contributed by atoms with Gasteiger partial charge in [0.25, 0.3) is 5.91 Å². The Morgan fingerprint density at radius 2 is 1.94 bits per heavy atom. The van der Waals surface area contributed by atoms with Crippen LogP contribution in [-0.4, -0.2) is 29.4 Å². The van der Waals surface area contributed by atoms with Crippen LogP contribution in [0.2, 0.25) is 0 Å². The fourth-order valence-electron chi connectivity index (χ4n) is 3.50. The van der Waals surface area contributed by atoms with Gasteiger partial charge >= 0.3 is 6.18 Å². The van der Waals surface area contributed by atoms with Crippen LogP contribution < -0.4 is 4.74 Å². The average Bonchev–Trinajstić information content (AvgIpc) is 2.70. The number of aromatic nitrogens is 1. The summed E-state index contributed by atoms with van der Waals surface area (Å²) in [5.41, 5.74) is 0.545. The number of amides is 1. The van der Waals surface area contributed by atoms with E-state index in [1.165, 1.54) is 30.2 Å². The van der Waals surface area contributed by atoms with Crippen molar-refractivity contribution in [1.82, 2.24) is 9.88 Å². The third-order valence-electron chi connectivity index (χ3n) is 5.10. The number of fused-ring (bicyclic) bond motifs is 1. The molecule has 164 valence electrons. The van der Waals surface area contributed by atoms with Crippen LogP contribution in [0, 0.1) is 17.4 Å². The second-order valence-electron chi connectivity index (χ2n) is 6.96. The first kappa shape index (κ1) is 22.7. The molecule has 1 heterocycles. The Morgan fingerprint density at radius 1 is 1.23 bits per heavy atom. The van der Waals surface area contributed by atoms with E-state index in [0.717, 1.165) is 12.1 Å². The number of carbonyl (C=O) groups excluding carboxylic acids is 1. The Labute approximate surface area is 181 Å². The standard InChI is InChI=1S/C22H20F4N2O2S/c1-4-28(11-13-6-5-7-16(23)19(13)30-3)21(29)18-12(2)15-9-8-14(22(24,25)26)10-17(15)27-20(18)31/h5-10H,4,11H2,1-3H3,(H,27,31). The quantitative estimate of drug-likeness (QED) is 0.380. The fourth-order valence-corrected chi connectivity index (χ4v) is 3.85. The number of para-hydroxylation sites is 1. The van der Waals surface area contributed by atoms with Crippen LogP contribution in [0.25, 0.3) is 10.9 Å². The predicted molar refractivity (Wildman–Crippen MR) is 112 cm³/mol. The molecule has 0 saturated heterocycles. The number of H-pyrrole nitrogens is 1. The Morgan fingerprint density at radius 3 is 2.55 bits per heavy atom. The van der Waals surface area contributed by atoms with Gasteiger partial charge in [-0.3, -0.25) is 4.79 Å².